The Morgan fingerprint density at radius 1 is 1.35 bits per heavy atom. The molecule has 124 valence electrons. The van der Waals surface area contributed by atoms with Crippen LogP contribution >= 0.6 is 11.3 Å². The number of thiazole rings is 1. The lowest BCUT2D eigenvalue weighted by Crippen LogP contribution is -2.28. The van der Waals surface area contributed by atoms with E-state index >= 15 is 0 Å². The fraction of sp³-hybridized carbons (Fsp3) is 0.412. The van der Waals surface area contributed by atoms with Crippen LogP contribution in [0.5, 0.6) is 5.75 Å². The summed E-state index contributed by atoms with van der Waals surface area (Å²) in [5, 5.41) is 15.1. The van der Waals surface area contributed by atoms with Crippen molar-refractivity contribution in [3.63, 3.8) is 0 Å². The monoisotopic (exact) mass is 334 g/mol. The molecule has 0 spiro atoms. The molecule has 2 N–H and O–H groups in total. The maximum Gasteiger partial charge on any atom is 0.270 e. The topological polar surface area (TPSA) is 71.5 Å². The van der Waals surface area contributed by atoms with Gasteiger partial charge in [-0.25, -0.2) is 4.98 Å². The van der Waals surface area contributed by atoms with Gasteiger partial charge in [-0.1, -0.05) is 13.8 Å². The van der Waals surface area contributed by atoms with Gasteiger partial charge in [0.05, 0.1) is 13.2 Å². The van der Waals surface area contributed by atoms with Crippen LogP contribution in [0.25, 0.3) is 10.6 Å². The van der Waals surface area contributed by atoms with Crippen molar-refractivity contribution in [3.8, 4) is 16.3 Å². The van der Waals surface area contributed by atoms with Crippen molar-refractivity contribution in [2.45, 2.75) is 26.4 Å². The zero-order valence-electron chi connectivity index (χ0n) is 13.6. The number of nitrogens with one attached hydrogen (secondary N) is 1. The predicted molar refractivity (Wildman–Crippen MR) is 91.9 cm³/mol. The first-order valence-electron chi connectivity index (χ1n) is 7.57. The Morgan fingerprint density at radius 3 is 2.65 bits per heavy atom. The molecule has 23 heavy (non-hydrogen) atoms. The molecule has 0 saturated carbocycles. The van der Waals surface area contributed by atoms with Crippen LogP contribution in [-0.4, -0.2) is 35.8 Å². The van der Waals surface area contributed by atoms with E-state index < -0.39 is 6.10 Å². The van der Waals surface area contributed by atoms with Gasteiger partial charge >= 0.3 is 0 Å². The Labute approximate surface area is 140 Å². The lowest BCUT2D eigenvalue weighted by molar-refractivity contribution is 0.0916. The van der Waals surface area contributed by atoms with Gasteiger partial charge < -0.3 is 15.2 Å². The van der Waals surface area contributed by atoms with Gasteiger partial charge in [0, 0.05) is 17.5 Å². The van der Waals surface area contributed by atoms with Gasteiger partial charge in [0.2, 0.25) is 0 Å². The third-order valence-corrected chi connectivity index (χ3v) is 4.46. The highest BCUT2D eigenvalue weighted by atomic mass is 32.1. The van der Waals surface area contributed by atoms with Gasteiger partial charge in [0.25, 0.3) is 5.91 Å². The molecule has 0 radical (unpaired) electrons. The molecule has 0 saturated heterocycles. The number of rotatable bonds is 7. The van der Waals surface area contributed by atoms with Gasteiger partial charge in [-0.05, 0) is 36.6 Å². The lowest BCUT2D eigenvalue weighted by Gasteiger charge is -2.14. The Bertz CT molecular complexity index is 638. The van der Waals surface area contributed by atoms with Crippen LogP contribution in [0.1, 0.15) is 30.8 Å². The van der Waals surface area contributed by atoms with Crippen molar-refractivity contribution in [3.05, 3.63) is 35.3 Å². The molecule has 1 unspecified atom stereocenters. The van der Waals surface area contributed by atoms with Crippen LogP contribution in [0, 0.1) is 5.92 Å². The Balaban J connectivity index is 1.94. The van der Waals surface area contributed by atoms with Crippen molar-refractivity contribution in [2.24, 2.45) is 5.92 Å². The molecular weight excluding hydrogens is 312 g/mol. The molecule has 0 fully saturated rings. The maximum absolute atomic E-state index is 12.1. The predicted octanol–water partition coefficient (Wildman–Crippen LogP) is 2.96. The minimum Gasteiger partial charge on any atom is -0.497 e. The van der Waals surface area contributed by atoms with Crippen LogP contribution in [0.15, 0.2) is 29.6 Å². The summed E-state index contributed by atoms with van der Waals surface area (Å²) < 4.78 is 5.13. The zero-order chi connectivity index (χ0) is 16.8. The molecular formula is C17H22N2O3S. The summed E-state index contributed by atoms with van der Waals surface area (Å²) in [6.45, 7) is 4.34. The van der Waals surface area contributed by atoms with E-state index in [2.05, 4.69) is 10.3 Å². The molecule has 2 aromatic rings. The fourth-order valence-corrected chi connectivity index (χ4v) is 2.81. The average Bonchev–Trinajstić information content (AvgIpc) is 3.04. The van der Waals surface area contributed by atoms with Crippen molar-refractivity contribution < 1.29 is 14.6 Å². The second-order valence-electron chi connectivity index (χ2n) is 5.62. The summed E-state index contributed by atoms with van der Waals surface area (Å²) >= 11 is 1.43. The second kappa shape index (κ2) is 8.08. The number of hydrogen-bond acceptors (Lipinski definition) is 5. The number of ether oxygens (including phenoxy) is 1. The smallest absolute Gasteiger partial charge is 0.270 e. The summed E-state index contributed by atoms with van der Waals surface area (Å²) in [5.74, 6) is 0.761. The molecule has 6 heteroatoms. The van der Waals surface area contributed by atoms with Crippen LogP contribution in [-0.2, 0) is 0 Å². The van der Waals surface area contributed by atoms with E-state index in [1.807, 2.05) is 38.1 Å². The van der Waals surface area contributed by atoms with E-state index in [-0.39, 0.29) is 11.8 Å². The van der Waals surface area contributed by atoms with Gasteiger partial charge in [-0.2, -0.15) is 0 Å². The normalized spacial score (nSPS) is 12.2. The number of benzene rings is 1. The number of aliphatic hydroxyl groups excluding tert-OH is 1. The number of carbonyl (C=O) groups is 1. The van der Waals surface area contributed by atoms with E-state index in [1.165, 1.54) is 11.3 Å². The minimum atomic E-state index is -0.402. The zero-order valence-corrected chi connectivity index (χ0v) is 14.4. The Kier molecular flexibility index (Phi) is 6.12. The van der Waals surface area contributed by atoms with Crippen LogP contribution in [0.2, 0.25) is 0 Å². The highest BCUT2D eigenvalue weighted by molar-refractivity contribution is 7.13. The first kappa shape index (κ1) is 17.4. The molecule has 0 bridgehead atoms. The third-order valence-electron chi connectivity index (χ3n) is 3.57. The number of carbonyl (C=O) groups excluding carboxylic acids is 1. The number of methoxy groups -OCH3 is 1. The summed E-state index contributed by atoms with van der Waals surface area (Å²) in [7, 11) is 1.62. The summed E-state index contributed by atoms with van der Waals surface area (Å²) in [5.41, 5.74) is 1.35. The molecule has 1 heterocycles. The Morgan fingerprint density at radius 2 is 2.04 bits per heavy atom. The van der Waals surface area contributed by atoms with Crippen molar-refractivity contribution in [1.82, 2.24) is 10.3 Å². The summed E-state index contributed by atoms with van der Waals surface area (Å²) in [6.07, 6.45) is 0.138. The number of aliphatic hydroxyl groups is 1. The molecule has 1 amide bonds. The Hall–Kier alpha value is -1.92. The van der Waals surface area contributed by atoms with E-state index in [4.69, 9.17) is 4.74 Å². The van der Waals surface area contributed by atoms with E-state index in [1.54, 1.807) is 12.5 Å². The molecule has 0 aliphatic heterocycles. The SMILES string of the molecule is COc1ccc(-c2nc(C(=O)NCCC(O)C(C)C)cs2)cc1. The maximum atomic E-state index is 12.1. The van der Waals surface area contributed by atoms with E-state index in [0.29, 0.717) is 18.7 Å². The quantitative estimate of drug-likeness (QED) is 0.816. The largest absolute Gasteiger partial charge is 0.497 e. The number of aromatic nitrogens is 1. The first-order valence-corrected chi connectivity index (χ1v) is 8.45. The lowest BCUT2D eigenvalue weighted by atomic mass is 10.0. The van der Waals surface area contributed by atoms with Crippen LogP contribution < -0.4 is 10.1 Å². The van der Waals surface area contributed by atoms with Gasteiger partial charge in [0.1, 0.15) is 16.5 Å². The molecule has 1 aromatic heterocycles. The third kappa shape index (κ3) is 4.77. The number of hydrogen-bond donors (Lipinski definition) is 2. The minimum absolute atomic E-state index is 0.188. The van der Waals surface area contributed by atoms with E-state index in [0.717, 1.165) is 16.3 Å². The number of nitrogens with zero attached hydrogens (tertiary/aromatic N) is 1. The highest BCUT2D eigenvalue weighted by Crippen LogP contribution is 2.25. The van der Waals surface area contributed by atoms with Gasteiger partial charge in [-0.3, -0.25) is 4.79 Å². The molecule has 0 aliphatic carbocycles. The van der Waals surface area contributed by atoms with Crippen LogP contribution in [0.3, 0.4) is 0 Å². The standard InChI is InChI=1S/C17H22N2O3S/c1-11(2)15(20)8-9-18-16(21)14-10-23-17(19-14)12-4-6-13(22-3)7-5-12/h4-7,10-11,15,20H,8-9H2,1-3H3,(H,18,21). The summed E-state index contributed by atoms with van der Waals surface area (Å²) in [4.78, 5) is 16.4. The number of amides is 1. The van der Waals surface area contributed by atoms with E-state index in [9.17, 15) is 9.90 Å². The van der Waals surface area contributed by atoms with Crippen molar-refractivity contribution in [2.75, 3.05) is 13.7 Å². The van der Waals surface area contributed by atoms with Gasteiger partial charge in [-0.15, -0.1) is 11.3 Å². The molecule has 1 aromatic carbocycles. The van der Waals surface area contributed by atoms with Crippen molar-refractivity contribution in [1.29, 1.82) is 0 Å². The van der Waals surface area contributed by atoms with Crippen LogP contribution in [0.4, 0.5) is 0 Å². The van der Waals surface area contributed by atoms with Gasteiger partial charge in [0.15, 0.2) is 0 Å². The second-order valence-corrected chi connectivity index (χ2v) is 6.48. The molecule has 1 atom stereocenters. The average molecular weight is 334 g/mol. The first-order chi connectivity index (χ1) is 11.0. The molecule has 5 nitrogen and oxygen atoms in total. The van der Waals surface area contributed by atoms with Crippen molar-refractivity contribution >= 4 is 17.2 Å². The fourth-order valence-electron chi connectivity index (χ4n) is 2.00. The molecule has 0 aliphatic rings. The molecule has 2 rings (SSSR count). The highest BCUT2D eigenvalue weighted by Gasteiger charge is 2.13. The summed E-state index contributed by atoms with van der Waals surface area (Å²) in [6, 6.07) is 7.56.